The minimum absolute atomic E-state index is 0.238. The average Bonchev–Trinajstić information content (AvgIpc) is 2.96. The van der Waals surface area contributed by atoms with Crippen molar-refractivity contribution in [1.29, 1.82) is 0 Å². The van der Waals surface area contributed by atoms with Gasteiger partial charge in [-0.2, -0.15) is 20.4 Å². The molecule has 2 atom stereocenters. The number of nitrogens with one attached hydrogen (secondary N) is 1. The number of H-pyrrole nitrogens is 1. The summed E-state index contributed by atoms with van der Waals surface area (Å²) in [5.74, 6) is 1.14. The number of hydrogen-bond donors (Lipinski definition) is 2. The predicted octanol–water partition coefficient (Wildman–Crippen LogP) is 0.901. The van der Waals surface area contributed by atoms with E-state index in [2.05, 4.69) is 32.5 Å². The summed E-state index contributed by atoms with van der Waals surface area (Å²) in [7, 11) is 0. The average molecular weight is 222 g/mol. The third-order valence-corrected chi connectivity index (χ3v) is 2.63. The molecule has 0 amide bonds. The second-order valence-electron chi connectivity index (χ2n) is 3.72. The van der Waals surface area contributed by atoms with Crippen LogP contribution in [0, 0.1) is 5.92 Å². The summed E-state index contributed by atoms with van der Waals surface area (Å²) in [6.45, 7) is 4.12. The normalized spacial score (nSPS) is 14.9. The van der Waals surface area contributed by atoms with Gasteiger partial charge in [0.25, 0.3) is 0 Å². The fraction of sp³-hybridized carbons (Fsp3) is 0.556. The molecule has 86 valence electrons. The molecule has 0 aliphatic rings. The van der Waals surface area contributed by atoms with E-state index in [1.165, 1.54) is 6.20 Å². The van der Waals surface area contributed by atoms with Crippen LogP contribution in [0.15, 0.2) is 10.7 Å². The van der Waals surface area contributed by atoms with Crippen LogP contribution in [0.3, 0.4) is 0 Å². The van der Waals surface area contributed by atoms with E-state index in [-0.39, 0.29) is 6.04 Å². The highest BCUT2D eigenvalue weighted by molar-refractivity contribution is 5.44. The molecule has 7 heteroatoms. The minimum Gasteiger partial charge on any atom is -0.337 e. The first-order chi connectivity index (χ1) is 7.72. The molecule has 0 radical (unpaired) electrons. The van der Waals surface area contributed by atoms with Gasteiger partial charge in [-0.25, -0.2) is 0 Å². The number of hydrogen-bond acceptors (Lipinski definition) is 6. The smallest absolute Gasteiger partial charge is 0.244 e. The van der Waals surface area contributed by atoms with Gasteiger partial charge in [-0.15, -0.1) is 0 Å². The quantitative estimate of drug-likeness (QED) is 0.795. The lowest BCUT2D eigenvalue weighted by atomic mass is 10.0. The van der Waals surface area contributed by atoms with Crippen LogP contribution in [0.2, 0.25) is 0 Å². The highest BCUT2D eigenvalue weighted by Gasteiger charge is 2.21. The fourth-order valence-electron chi connectivity index (χ4n) is 1.28. The summed E-state index contributed by atoms with van der Waals surface area (Å²) in [6.07, 6.45) is 2.49. The van der Waals surface area contributed by atoms with Gasteiger partial charge in [0.15, 0.2) is 5.69 Å². The third-order valence-electron chi connectivity index (χ3n) is 2.63. The lowest BCUT2D eigenvalue weighted by Gasteiger charge is -2.12. The zero-order chi connectivity index (χ0) is 11.5. The Labute approximate surface area is 92.4 Å². The number of aromatic nitrogens is 5. The van der Waals surface area contributed by atoms with Gasteiger partial charge in [0.2, 0.25) is 11.7 Å². The minimum atomic E-state index is -0.238. The van der Waals surface area contributed by atoms with Gasteiger partial charge in [0, 0.05) is 0 Å². The summed E-state index contributed by atoms with van der Waals surface area (Å²) < 4.78 is 5.11. The van der Waals surface area contributed by atoms with Crippen LogP contribution in [-0.4, -0.2) is 25.6 Å². The first-order valence-corrected chi connectivity index (χ1v) is 5.17. The molecule has 3 N–H and O–H groups in total. The highest BCUT2D eigenvalue weighted by atomic mass is 16.5. The highest BCUT2D eigenvalue weighted by Crippen LogP contribution is 2.22. The van der Waals surface area contributed by atoms with Crippen molar-refractivity contribution in [2.24, 2.45) is 11.7 Å². The van der Waals surface area contributed by atoms with Gasteiger partial charge >= 0.3 is 0 Å². The Morgan fingerprint density at radius 3 is 3.00 bits per heavy atom. The van der Waals surface area contributed by atoms with Crippen molar-refractivity contribution in [2.75, 3.05) is 0 Å². The Morgan fingerprint density at radius 1 is 1.56 bits per heavy atom. The van der Waals surface area contributed by atoms with Crippen molar-refractivity contribution >= 4 is 0 Å². The third kappa shape index (κ3) is 1.94. The Hall–Kier alpha value is -1.76. The zero-order valence-electron chi connectivity index (χ0n) is 9.21. The van der Waals surface area contributed by atoms with Crippen LogP contribution in [0.4, 0.5) is 0 Å². The molecular weight excluding hydrogens is 208 g/mol. The number of nitrogens with zero attached hydrogens (tertiary/aromatic N) is 4. The molecule has 0 aromatic carbocycles. The molecule has 0 spiro atoms. The molecule has 0 saturated carbocycles. The molecule has 1 unspecified atom stereocenters. The van der Waals surface area contributed by atoms with E-state index in [0.29, 0.717) is 23.3 Å². The zero-order valence-corrected chi connectivity index (χ0v) is 9.21. The number of nitrogens with two attached hydrogens (primary N) is 1. The standard InChI is InChI=1S/C9H14N6O/c1-3-5(2)7(10)9-12-8(14-16-9)6-4-11-15-13-6/h4-5,7H,3,10H2,1-2H3,(H,11,13,15)/t5?,7-/m0/s1. The lowest BCUT2D eigenvalue weighted by Crippen LogP contribution is -2.18. The molecule has 0 saturated heterocycles. The van der Waals surface area contributed by atoms with E-state index in [4.69, 9.17) is 10.3 Å². The molecule has 0 aliphatic heterocycles. The largest absolute Gasteiger partial charge is 0.337 e. The number of rotatable bonds is 4. The van der Waals surface area contributed by atoms with Crippen LogP contribution in [0.25, 0.3) is 11.5 Å². The monoisotopic (exact) mass is 222 g/mol. The molecule has 2 aromatic heterocycles. The van der Waals surface area contributed by atoms with Gasteiger partial charge in [-0.1, -0.05) is 25.4 Å². The Balaban J connectivity index is 2.20. The molecule has 7 nitrogen and oxygen atoms in total. The lowest BCUT2D eigenvalue weighted by molar-refractivity contribution is 0.312. The van der Waals surface area contributed by atoms with E-state index in [1.54, 1.807) is 0 Å². The molecule has 0 aliphatic carbocycles. The van der Waals surface area contributed by atoms with Crippen molar-refractivity contribution in [3.8, 4) is 11.5 Å². The molecule has 16 heavy (non-hydrogen) atoms. The Kier molecular flexibility index (Phi) is 2.95. The Bertz CT molecular complexity index is 437. The van der Waals surface area contributed by atoms with E-state index >= 15 is 0 Å². The fourth-order valence-corrected chi connectivity index (χ4v) is 1.28. The van der Waals surface area contributed by atoms with E-state index in [1.807, 2.05) is 6.92 Å². The van der Waals surface area contributed by atoms with Crippen molar-refractivity contribution in [3.05, 3.63) is 12.1 Å². The molecule has 2 heterocycles. The van der Waals surface area contributed by atoms with Crippen LogP contribution in [0.5, 0.6) is 0 Å². The molecule has 0 bridgehead atoms. The Morgan fingerprint density at radius 2 is 2.38 bits per heavy atom. The summed E-state index contributed by atoms with van der Waals surface area (Å²) in [6, 6.07) is -0.238. The summed E-state index contributed by atoms with van der Waals surface area (Å²) in [4.78, 5) is 4.20. The molecule has 2 rings (SSSR count). The molecular formula is C9H14N6O. The molecule has 0 fully saturated rings. The first-order valence-electron chi connectivity index (χ1n) is 5.17. The van der Waals surface area contributed by atoms with Gasteiger partial charge in [0.1, 0.15) is 0 Å². The number of aromatic amines is 1. The maximum Gasteiger partial charge on any atom is 0.244 e. The topological polar surface area (TPSA) is 107 Å². The van der Waals surface area contributed by atoms with Gasteiger partial charge in [-0.05, 0) is 5.92 Å². The van der Waals surface area contributed by atoms with Crippen LogP contribution in [0.1, 0.15) is 32.2 Å². The SMILES string of the molecule is CCC(C)[C@H](N)c1nc(-c2cn[nH]n2)no1. The van der Waals surface area contributed by atoms with Crippen molar-refractivity contribution in [2.45, 2.75) is 26.3 Å². The maximum atomic E-state index is 5.98. The first kappa shape index (κ1) is 10.7. The van der Waals surface area contributed by atoms with Gasteiger partial charge in [0.05, 0.1) is 12.2 Å². The van der Waals surface area contributed by atoms with Gasteiger partial charge in [-0.3, -0.25) is 0 Å². The molecule has 2 aromatic rings. The summed E-state index contributed by atoms with van der Waals surface area (Å²) in [5, 5.41) is 13.8. The van der Waals surface area contributed by atoms with Crippen LogP contribution in [-0.2, 0) is 0 Å². The van der Waals surface area contributed by atoms with E-state index in [9.17, 15) is 0 Å². The summed E-state index contributed by atoms with van der Waals surface area (Å²) >= 11 is 0. The van der Waals surface area contributed by atoms with Crippen molar-refractivity contribution in [3.63, 3.8) is 0 Å². The van der Waals surface area contributed by atoms with Crippen molar-refractivity contribution in [1.82, 2.24) is 25.6 Å². The van der Waals surface area contributed by atoms with Gasteiger partial charge < -0.3 is 10.3 Å². The van der Waals surface area contributed by atoms with Crippen LogP contribution < -0.4 is 5.73 Å². The summed E-state index contributed by atoms with van der Waals surface area (Å²) in [5.41, 5.74) is 6.52. The predicted molar refractivity (Wildman–Crippen MR) is 56.1 cm³/mol. The van der Waals surface area contributed by atoms with Crippen LogP contribution >= 0.6 is 0 Å². The second kappa shape index (κ2) is 4.40. The second-order valence-corrected chi connectivity index (χ2v) is 3.72. The van der Waals surface area contributed by atoms with Crippen molar-refractivity contribution < 1.29 is 4.52 Å². The maximum absolute atomic E-state index is 5.98. The van der Waals surface area contributed by atoms with E-state index in [0.717, 1.165) is 6.42 Å². The van der Waals surface area contributed by atoms with E-state index < -0.39 is 0 Å².